The maximum absolute atomic E-state index is 11.5. The number of carbonyl (C=O) groups is 1. The molecular formula is C19H18BrNO4. The summed E-state index contributed by atoms with van der Waals surface area (Å²) in [5.74, 6) is 1.44. The van der Waals surface area contributed by atoms with E-state index in [0.29, 0.717) is 19.6 Å². The Morgan fingerprint density at radius 2 is 2.12 bits per heavy atom. The minimum Gasteiger partial charge on any atom is -0.490 e. The second kappa shape index (κ2) is 6.59. The van der Waals surface area contributed by atoms with Gasteiger partial charge in [-0.3, -0.25) is 4.79 Å². The Kier molecular flexibility index (Phi) is 4.29. The fraction of sp³-hybridized carbons (Fsp3) is 0.316. The number of carbonyl (C=O) groups excluding carboxylic acids is 1. The van der Waals surface area contributed by atoms with Crippen LogP contribution in [0.3, 0.4) is 0 Å². The summed E-state index contributed by atoms with van der Waals surface area (Å²) in [6.45, 7) is 2.73. The molecule has 1 N–H and O–H groups in total. The molecule has 130 valence electrons. The predicted octanol–water partition coefficient (Wildman–Crippen LogP) is 4.38. The molecule has 6 heteroatoms. The Morgan fingerprint density at radius 3 is 2.96 bits per heavy atom. The second-order valence-corrected chi connectivity index (χ2v) is 6.92. The summed E-state index contributed by atoms with van der Waals surface area (Å²) in [5, 5.41) is 3.49. The van der Waals surface area contributed by atoms with E-state index in [1.807, 2.05) is 30.3 Å². The van der Waals surface area contributed by atoms with Crippen molar-refractivity contribution in [3.63, 3.8) is 0 Å². The summed E-state index contributed by atoms with van der Waals surface area (Å²) >= 11 is 3.52. The van der Waals surface area contributed by atoms with Crippen LogP contribution >= 0.6 is 15.9 Å². The molecule has 0 saturated heterocycles. The van der Waals surface area contributed by atoms with Gasteiger partial charge in [0.1, 0.15) is 24.7 Å². The molecule has 5 nitrogen and oxygen atoms in total. The maximum Gasteiger partial charge on any atom is 0.306 e. The molecule has 0 saturated carbocycles. The van der Waals surface area contributed by atoms with Crippen molar-refractivity contribution in [3.8, 4) is 11.5 Å². The number of anilines is 1. The first-order valence-electron chi connectivity index (χ1n) is 8.29. The topological polar surface area (TPSA) is 56.8 Å². The second-order valence-electron chi connectivity index (χ2n) is 6.06. The lowest BCUT2D eigenvalue weighted by atomic mass is 10.1. The van der Waals surface area contributed by atoms with E-state index in [1.165, 1.54) is 0 Å². The minimum atomic E-state index is -0.317. The van der Waals surface area contributed by atoms with Gasteiger partial charge in [-0.1, -0.05) is 19.1 Å². The number of esters is 1. The molecule has 2 aromatic rings. The first-order chi connectivity index (χ1) is 12.2. The van der Waals surface area contributed by atoms with E-state index in [-0.39, 0.29) is 18.1 Å². The van der Waals surface area contributed by atoms with Gasteiger partial charge in [0.15, 0.2) is 6.10 Å². The average Bonchev–Trinajstić information content (AvgIpc) is 3.20. The van der Waals surface area contributed by atoms with Crippen molar-refractivity contribution in [1.82, 2.24) is 0 Å². The van der Waals surface area contributed by atoms with Gasteiger partial charge in [-0.25, -0.2) is 0 Å². The molecule has 0 amide bonds. The van der Waals surface area contributed by atoms with Crippen LogP contribution in [-0.2, 0) is 9.53 Å². The third-order valence-corrected chi connectivity index (χ3v) is 5.05. The van der Waals surface area contributed by atoms with Crippen molar-refractivity contribution in [2.24, 2.45) is 0 Å². The van der Waals surface area contributed by atoms with E-state index >= 15 is 0 Å². The molecule has 0 aromatic heterocycles. The van der Waals surface area contributed by atoms with Crippen LogP contribution in [0.1, 0.15) is 36.6 Å². The van der Waals surface area contributed by atoms with E-state index in [1.54, 1.807) is 6.92 Å². The van der Waals surface area contributed by atoms with Crippen LogP contribution in [0.5, 0.6) is 11.5 Å². The van der Waals surface area contributed by atoms with E-state index in [0.717, 1.165) is 32.8 Å². The predicted molar refractivity (Wildman–Crippen MR) is 97.1 cm³/mol. The van der Waals surface area contributed by atoms with Crippen LogP contribution < -0.4 is 14.8 Å². The largest absolute Gasteiger partial charge is 0.490 e. The number of fused-ring (bicyclic) bond motifs is 2. The lowest BCUT2D eigenvalue weighted by molar-refractivity contribution is -0.149. The van der Waals surface area contributed by atoms with Gasteiger partial charge < -0.3 is 19.5 Å². The molecule has 25 heavy (non-hydrogen) atoms. The molecule has 2 aliphatic heterocycles. The van der Waals surface area contributed by atoms with Gasteiger partial charge in [-0.15, -0.1) is 0 Å². The van der Waals surface area contributed by atoms with Gasteiger partial charge in [0, 0.05) is 29.3 Å². The van der Waals surface area contributed by atoms with Crippen LogP contribution in [0, 0.1) is 0 Å². The van der Waals surface area contributed by atoms with Crippen molar-refractivity contribution in [1.29, 1.82) is 0 Å². The van der Waals surface area contributed by atoms with Crippen LogP contribution in [0.2, 0.25) is 0 Å². The van der Waals surface area contributed by atoms with Crippen molar-refractivity contribution in [3.05, 3.63) is 52.0 Å². The van der Waals surface area contributed by atoms with E-state index in [4.69, 9.17) is 14.2 Å². The number of rotatable bonds is 4. The third kappa shape index (κ3) is 3.06. The lowest BCUT2D eigenvalue weighted by Crippen LogP contribution is -2.12. The summed E-state index contributed by atoms with van der Waals surface area (Å²) in [7, 11) is 0. The minimum absolute atomic E-state index is 0.0840. The molecule has 2 atom stereocenters. The van der Waals surface area contributed by atoms with E-state index in [2.05, 4.69) is 27.3 Å². The van der Waals surface area contributed by atoms with Gasteiger partial charge in [0.2, 0.25) is 0 Å². The zero-order valence-electron chi connectivity index (χ0n) is 13.8. The number of hydrogen-bond acceptors (Lipinski definition) is 5. The molecule has 4 rings (SSSR count). The summed E-state index contributed by atoms with van der Waals surface area (Å²) < 4.78 is 17.9. The summed E-state index contributed by atoms with van der Waals surface area (Å²) in [4.78, 5) is 11.5. The van der Waals surface area contributed by atoms with Crippen LogP contribution in [0.15, 0.2) is 40.9 Å². The summed E-state index contributed by atoms with van der Waals surface area (Å²) in [6.07, 6.45) is 0.0465. The maximum atomic E-state index is 11.5. The van der Waals surface area contributed by atoms with Crippen molar-refractivity contribution in [2.75, 3.05) is 18.5 Å². The van der Waals surface area contributed by atoms with Crippen molar-refractivity contribution in [2.45, 2.75) is 25.5 Å². The van der Waals surface area contributed by atoms with Gasteiger partial charge >= 0.3 is 5.97 Å². The number of para-hydroxylation sites is 1. The van der Waals surface area contributed by atoms with E-state index in [9.17, 15) is 4.79 Å². The zero-order valence-corrected chi connectivity index (χ0v) is 15.3. The molecule has 2 aromatic carbocycles. The Bertz CT molecular complexity index is 823. The number of nitrogens with one attached hydrogen (secondary N) is 1. The molecule has 0 aliphatic carbocycles. The van der Waals surface area contributed by atoms with Crippen molar-refractivity contribution < 1.29 is 19.0 Å². The van der Waals surface area contributed by atoms with Gasteiger partial charge in [0.25, 0.3) is 0 Å². The van der Waals surface area contributed by atoms with Gasteiger partial charge in [0.05, 0.1) is 10.5 Å². The van der Waals surface area contributed by atoms with Gasteiger partial charge in [-0.05, 0) is 34.1 Å². The highest BCUT2D eigenvalue weighted by molar-refractivity contribution is 9.10. The molecule has 2 heterocycles. The molecule has 0 radical (unpaired) electrons. The highest BCUT2D eigenvalue weighted by atomic mass is 79.9. The molecular weight excluding hydrogens is 386 g/mol. The Morgan fingerprint density at radius 1 is 1.24 bits per heavy atom. The first-order valence-corrected chi connectivity index (χ1v) is 9.09. The SMILES string of the molecule is CCC(=O)O[C@@H]1COc2cc(NC3COc4c(Br)cccc43)ccc21. The van der Waals surface area contributed by atoms with E-state index < -0.39 is 0 Å². The number of benzene rings is 2. The molecule has 0 spiro atoms. The average molecular weight is 404 g/mol. The molecule has 1 unspecified atom stereocenters. The van der Waals surface area contributed by atoms with Crippen LogP contribution in [-0.4, -0.2) is 19.2 Å². The molecule has 2 aliphatic rings. The Balaban J connectivity index is 1.51. The van der Waals surface area contributed by atoms with Crippen molar-refractivity contribution >= 4 is 27.6 Å². The van der Waals surface area contributed by atoms with Crippen LogP contribution in [0.25, 0.3) is 0 Å². The number of hydrogen-bond donors (Lipinski definition) is 1. The first kappa shape index (κ1) is 16.3. The third-order valence-electron chi connectivity index (χ3n) is 4.42. The van der Waals surface area contributed by atoms with Gasteiger partial charge in [-0.2, -0.15) is 0 Å². The normalized spacial score (nSPS) is 20.2. The monoisotopic (exact) mass is 403 g/mol. The smallest absolute Gasteiger partial charge is 0.306 e. The molecule has 0 bridgehead atoms. The number of halogens is 1. The highest BCUT2D eigenvalue weighted by Gasteiger charge is 2.29. The summed E-state index contributed by atoms with van der Waals surface area (Å²) in [5.41, 5.74) is 2.99. The quantitative estimate of drug-likeness (QED) is 0.767. The standard InChI is InChI=1S/C19H18BrNO4/c1-2-18(22)25-17-10-23-16-8-11(6-7-13(16)17)21-15-9-24-19-12(15)4-3-5-14(19)20/h3-8,15,17,21H,2,9-10H2,1H3/t15?,17-/m1/s1. The lowest BCUT2D eigenvalue weighted by Gasteiger charge is -2.14. The zero-order chi connectivity index (χ0) is 17.4. The molecule has 0 fully saturated rings. The Labute approximate surface area is 154 Å². The fourth-order valence-corrected chi connectivity index (χ4v) is 3.64. The van der Waals surface area contributed by atoms with Crippen LogP contribution in [0.4, 0.5) is 5.69 Å². The Hall–Kier alpha value is -2.21. The highest BCUT2D eigenvalue weighted by Crippen LogP contribution is 2.41. The number of ether oxygens (including phenoxy) is 3. The summed E-state index contributed by atoms with van der Waals surface area (Å²) in [6, 6.07) is 12.0. The fourth-order valence-electron chi connectivity index (χ4n) is 3.14.